The van der Waals surface area contributed by atoms with Gasteiger partial charge in [0.2, 0.25) is 5.82 Å². The van der Waals surface area contributed by atoms with Crippen LogP contribution in [-0.4, -0.2) is 25.1 Å². The van der Waals surface area contributed by atoms with Gasteiger partial charge in [0.05, 0.1) is 17.1 Å². The van der Waals surface area contributed by atoms with E-state index in [4.69, 9.17) is 9.26 Å². The lowest BCUT2D eigenvalue weighted by atomic mass is 10.1. The van der Waals surface area contributed by atoms with Crippen molar-refractivity contribution in [3.05, 3.63) is 77.9 Å². The van der Waals surface area contributed by atoms with Crippen LogP contribution in [0.5, 0.6) is 5.75 Å². The van der Waals surface area contributed by atoms with Crippen LogP contribution in [-0.2, 0) is 12.8 Å². The van der Waals surface area contributed by atoms with E-state index in [-0.39, 0.29) is 29.6 Å². The van der Waals surface area contributed by atoms with Crippen LogP contribution in [0.15, 0.2) is 71.3 Å². The van der Waals surface area contributed by atoms with Crippen molar-refractivity contribution in [2.75, 3.05) is 0 Å². The second-order valence-electron chi connectivity index (χ2n) is 8.37. The SMILES string of the molecule is FC(F)(F)c1cc(-c2noc(-c3ccc4c(c3)nnn4C3CC3)n2)ccc1OCc1ccccc1. The van der Waals surface area contributed by atoms with Crippen molar-refractivity contribution in [3.63, 3.8) is 0 Å². The summed E-state index contributed by atoms with van der Waals surface area (Å²) in [7, 11) is 0. The second kappa shape index (κ2) is 8.23. The fraction of sp³-hybridized carbons (Fsp3) is 0.200. The molecular formula is C25H18F3N5O2. The van der Waals surface area contributed by atoms with Gasteiger partial charge in [0, 0.05) is 11.1 Å². The molecule has 5 aromatic rings. The second-order valence-corrected chi connectivity index (χ2v) is 8.37. The fourth-order valence-corrected chi connectivity index (χ4v) is 3.87. The minimum atomic E-state index is -4.62. The van der Waals surface area contributed by atoms with E-state index in [0.29, 0.717) is 17.1 Å². The number of rotatable bonds is 6. The van der Waals surface area contributed by atoms with Crippen LogP contribution in [0.2, 0.25) is 0 Å². The third-order valence-electron chi connectivity index (χ3n) is 5.82. The van der Waals surface area contributed by atoms with Crippen LogP contribution in [0.1, 0.15) is 30.0 Å². The van der Waals surface area contributed by atoms with Gasteiger partial charge >= 0.3 is 6.18 Å². The molecule has 0 amide bonds. The Labute approximate surface area is 197 Å². The third-order valence-corrected chi connectivity index (χ3v) is 5.82. The quantitative estimate of drug-likeness (QED) is 0.295. The molecule has 0 spiro atoms. The van der Waals surface area contributed by atoms with E-state index in [0.717, 1.165) is 30.0 Å². The van der Waals surface area contributed by atoms with E-state index in [1.165, 1.54) is 12.1 Å². The van der Waals surface area contributed by atoms with E-state index in [9.17, 15) is 13.2 Å². The molecule has 0 radical (unpaired) electrons. The van der Waals surface area contributed by atoms with Crippen molar-refractivity contribution in [1.29, 1.82) is 0 Å². The topological polar surface area (TPSA) is 78.9 Å². The van der Waals surface area contributed by atoms with Crippen molar-refractivity contribution in [2.24, 2.45) is 0 Å². The molecule has 0 bridgehead atoms. The number of halogens is 3. The summed E-state index contributed by atoms with van der Waals surface area (Å²) in [5.41, 5.74) is 2.24. The fourth-order valence-electron chi connectivity index (χ4n) is 3.87. The first kappa shape index (κ1) is 21.3. The number of aromatic nitrogens is 5. The first-order valence-electron chi connectivity index (χ1n) is 11.0. The van der Waals surface area contributed by atoms with Gasteiger partial charge in [-0.3, -0.25) is 0 Å². The molecule has 3 aromatic carbocycles. The molecule has 176 valence electrons. The zero-order valence-electron chi connectivity index (χ0n) is 18.2. The molecule has 0 unspecified atom stereocenters. The molecule has 7 nitrogen and oxygen atoms in total. The maximum Gasteiger partial charge on any atom is 0.419 e. The van der Waals surface area contributed by atoms with Gasteiger partial charge in [-0.25, -0.2) is 4.68 Å². The Kier molecular flexibility index (Phi) is 5.01. The molecule has 0 saturated heterocycles. The smallest absolute Gasteiger partial charge is 0.419 e. The molecule has 1 aliphatic carbocycles. The number of fused-ring (bicyclic) bond motifs is 1. The highest BCUT2D eigenvalue weighted by Crippen LogP contribution is 2.39. The molecule has 35 heavy (non-hydrogen) atoms. The average Bonchev–Trinajstić information content (AvgIpc) is 3.42. The Morgan fingerprint density at radius 2 is 1.77 bits per heavy atom. The van der Waals surface area contributed by atoms with Crippen molar-refractivity contribution in [3.8, 4) is 28.6 Å². The van der Waals surface area contributed by atoms with E-state index < -0.39 is 11.7 Å². The summed E-state index contributed by atoms with van der Waals surface area (Å²) in [5, 5.41) is 12.3. The highest BCUT2D eigenvalue weighted by Gasteiger charge is 2.35. The van der Waals surface area contributed by atoms with Crippen LogP contribution >= 0.6 is 0 Å². The predicted octanol–water partition coefficient (Wildman–Crippen LogP) is 6.08. The van der Waals surface area contributed by atoms with Crippen LogP contribution in [0.3, 0.4) is 0 Å². The highest BCUT2D eigenvalue weighted by atomic mass is 19.4. The first-order chi connectivity index (χ1) is 17.0. The molecule has 0 N–H and O–H groups in total. The molecule has 2 heterocycles. The van der Waals surface area contributed by atoms with Gasteiger partial charge in [0.25, 0.3) is 5.89 Å². The van der Waals surface area contributed by atoms with E-state index >= 15 is 0 Å². The van der Waals surface area contributed by atoms with Gasteiger partial charge in [0.1, 0.15) is 17.9 Å². The largest absolute Gasteiger partial charge is 0.488 e. The number of ether oxygens (including phenoxy) is 1. The van der Waals surface area contributed by atoms with E-state index in [1.54, 1.807) is 30.3 Å². The maximum absolute atomic E-state index is 13.8. The molecule has 0 aliphatic heterocycles. The predicted molar refractivity (Wildman–Crippen MR) is 120 cm³/mol. The third kappa shape index (κ3) is 4.23. The van der Waals surface area contributed by atoms with Crippen LogP contribution in [0, 0.1) is 0 Å². The van der Waals surface area contributed by atoms with Gasteiger partial charge in [0.15, 0.2) is 0 Å². The van der Waals surface area contributed by atoms with Crippen molar-refractivity contribution in [2.45, 2.75) is 31.7 Å². The van der Waals surface area contributed by atoms with E-state index in [1.807, 2.05) is 22.9 Å². The minimum absolute atomic E-state index is 0.0173. The Bertz CT molecular complexity index is 1510. The maximum atomic E-state index is 13.8. The highest BCUT2D eigenvalue weighted by molar-refractivity contribution is 5.80. The number of alkyl halides is 3. The number of nitrogens with zero attached hydrogens (tertiary/aromatic N) is 5. The minimum Gasteiger partial charge on any atom is -0.488 e. The average molecular weight is 477 g/mol. The summed E-state index contributed by atoms with van der Waals surface area (Å²) in [5.74, 6) is -0.0410. The molecule has 6 rings (SSSR count). The summed E-state index contributed by atoms with van der Waals surface area (Å²) in [6.45, 7) is 0.0173. The van der Waals surface area contributed by atoms with Crippen molar-refractivity contribution in [1.82, 2.24) is 25.1 Å². The normalized spacial score (nSPS) is 13.9. The van der Waals surface area contributed by atoms with Crippen molar-refractivity contribution < 1.29 is 22.4 Å². The molecule has 1 aliphatic rings. The molecule has 2 aromatic heterocycles. The summed E-state index contributed by atoms with van der Waals surface area (Å²) in [6.07, 6.45) is -2.44. The van der Waals surface area contributed by atoms with Gasteiger partial charge in [-0.15, -0.1) is 5.10 Å². The van der Waals surface area contributed by atoms with E-state index in [2.05, 4.69) is 20.5 Å². The Hall–Kier alpha value is -4.21. The summed E-state index contributed by atoms with van der Waals surface area (Å²) >= 11 is 0. The number of benzene rings is 3. The zero-order valence-corrected chi connectivity index (χ0v) is 18.2. The lowest BCUT2D eigenvalue weighted by molar-refractivity contribution is -0.139. The molecule has 0 atom stereocenters. The van der Waals surface area contributed by atoms with Gasteiger partial charge in [-0.2, -0.15) is 18.2 Å². The van der Waals surface area contributed by atoms with Gasteiger partial charge in [-0.1, -0.05) is 40.7 Å². The van der Waals surface area contributed by atoms with Crippen LogP contribution < -0.4 is 4.74 Å². The zero-order chi connectivity index (χ0) is 24.0. The standard InChI is InChI=1S/C25H18F3N5O2/c26-25(27,28)19-12-16(7-11-22(19)34-14-15-4-2-1-3-5-15)23-29-24(35-31-23)17-6-10-21-20(13-17)30-32-33(21)18-8-9-18/h1-7,10-13,18H,8-9,14H2. The first-order valence-corrected chi connectivity index (χ1v) is 11.0. The van der Waals surface area contributed by atoms with Crippen LogP contribution in [0.25, 0.3) is 33.9 Å². The number of hydrogen-bond acceptors (Lipinski definition) is 6. The summed E-state index contributed by atoms with van der Waals surface area (Å²) in [6, 6.07) is 18.6. The molecular weight excluding hydrogens is 459 g/mol. The Morgan fingerprint density at radius 3 is 2.54 bits per heavy atom. The summed E-state index contributed by atoms with van der Waals surface area (Å²) in [4.78, 5) is 4.32. The van der Waals surface area contributed by atoms with Gasteiger partial charge in [-0.05, 0) is 54.8 Å². The lowest BCUT2D eigenvalue weighted by Gasteiger charge is -2.15. The Balaban J connectivity index is 1.28. The van der Waals surface area contributed by atoms with Crippen molar-refractivity contribution >= 4 is 11.0 Å². The van der Waals surface area contributed by atoms with Gasteiger partial charge < -0.3 is 9.26 Å². The molecule has 1 fully saturated rings. The Morgan fingerprint density at radius 1 is 0.971 bits per heavy atom. The van der Waals surface area contributed by atoms with Crippen LogP contribution in [0.4, 0.5) is 13.2 Å². The molecule has 1 saturated carbocycles. The lowest BCUT2D eigenvalue weighted by Crippen LogP contribution is -2.09. The monoisotopic (exact) mass is 477 g/mol. The molecule has 10 heteroatoms. The summed E-state index contributed by atoms with van der Waals surface area (Å²) < 4.78 is 54.1. The number of hydrogen-bond donors (Lipinski definition) is 0.